The zero-order valence-electron chi connectivity index (χ0n) is 23.7. The molecule has 1 atom stereocenters. The third kappa shape index (κ3) is 4.73. The molecule has 1 unspecified atom stereocenters. The summed E-state index contributed by atoms with van der Waals surface area (Å²) in [5.41, 5.74) is 7.28. The molecule has 0 amide bonds. The second-order valence-electron chi connectivity index (χ2n) is 11.4. The first-order chi connectivity index (χ1) is 18.1. The molecule has 5 rings (SSSR count). The summed E-state index contributed by atoms with van der Waals surface area (Å²) in [5.74, 6) is 0.714. The van der Waals surface area contributed by atoms with E-state index < -0.39 is 0 Å². The van der Waals surface area contributed by atoms with Crippen LogP contribution in [0.4, 0.5) is 5.69 Å². The van der Waals surface area contributed by atoms with Crippen molar-refractivity contribution in [3.05, 3.63) is 80.4 Å². The van der Waals surface area contributed by atoms with Crippen LogP contribution in [0, 0.1) is 27.7 Å². The second-order valence-corrected chi connectivity index (χ2v) is 11.4. The van der Waals surface area contributed by atoms with Crippen LogP contribution in [0.25, 0.3) is 10.9 Å². The molecular weight excluding hydrogens is 474 g/mol. The minimum atomic E-state index is -0.356. The zero-order chi connectivity index (χ0) is 27.2. The number of fused-ring (bicyclic) bond motifs is 1. The van der Waals surface area contributed by atoms with Gasteiger partial charge in [-0.2, -0.15) is 0 Å². The minimum absolute atomic E-state index is 0.0895. The highest BCUT2D eigenvalue weighted by Gasteiger charge is 2.36. The van der Waals surface area contributed by atoms with Gasteiger partial charge in [-0.25, -0.2) is 4.68 Å². The van der Waals surface area contributed by atoms with E-state index in [2.05, 4.69) is 109 Å². The Morgan fingerprint density at radius 1 is 0.947 bits per heavy atom. The number of aryl methyl sites for hydroxylation is 4. The fourth-order valence-corrected chi connectivity index (χ4v) is 5.62. The molecule has 1 saturated heterocycles. The Balaban J connectivity index is 1.59. The van der Waals surface area contributed by atoms with Crippen LogP contribution in [-0.4, -0.2) is 56.3 Å². The molecule has 4 aromatic rings. The Bertz CT molecular complexity index is 1530. The van der Waals surface area contributed by atoms with Crippen molar-refractivity contribution in [2.45, 2.75) is 66.5 Å². The van der Waals surface area contributed by atoms with E-state index in [1.165, 1.54) is 16.8 Å². The van der Waals surface area contributed by atoms with Gasteiger partial charge >= 0.3 is 0 Å². The Labute approximate surface area is 224 Å². The van der Waals surface area contributed by atoms with Crippen LogP contribution in [0.1, 0.15) is 66.9 Å². The largest absolute Gasteiger partial charge is 0.369 e. The minimum Gasteiger partial charge on any atom is -0.369 e. The van der Waals surface area contributed by atoms with Gasteiger partial charge in [0.15, 0.2) is 5.82 Å². The summed E-state index contributed by atoms with van der Waals surface area (Å²) in [6, 6.07) is 12.5. The molecule has 2 aromatic heterocycles. The molecule has 8 heteroatoms. The number of piperazine rings is 1. The van der Waals surface area contributed by atoms with Crippen molar-refractivity contribution in [1.82, 2.24) is 30.1 Å². The standard InChI is InChI=1S/C30H39N7O/c1-8-30(6,7)37-28(32-33-34-37)27(24-18-23-22(5)15-20(3)16-25(23)31-29(24)38)36-13-11-35(12-14-36)26-17-19(2)9-10-21(26)4/h9-10,15-18,27H,8,11-14H2,1-7H3,(H,31,38). The van der Waals surface area contributed by atoms with Crippen LogP contribution in [0.3, 0.4) is 0 Å². The van der Waals surface area contributed by atoms with Crippen molar-refractivity contribution in [1.29, 1.82) is 0 Å². The first-order valence-electron chi connectivity index (χ1n) is 13.6. The lowest BCUT2D eigenvalue weighted by molar-refractivity contribution is 0.186. The van der Waals surface area contributed by atoms with Gasteiger partial charge in [0.2, 0.25) is 0 Å². The molecule has 1 aliphatic rings. The molecular formula is C30H39N7O. The number of nitrogens with zero attached hydrogens (tertiary/aromatic N) is 6. The number of anilines is 1. The molecule has 38 heavy (non-hydrogen) atoms. The first-order valence-corrected chi connectivity index (χ1v) is 13.6. The second kappa shape index (κ2) is 9.98. The van der Waals surface area contributed by atoms with Gasteiger partial charge in [-0.05, 0) is 98.8 Å². The van der Waals surface area contributed by atoms with Crippen molar-refractivity contribution in [3.8, 4) is 0 Å². The van der Waals surface area contributed by atoms with E-state index in [9.17, 15) is 4.79 Å². The first kappa shape index (κ1) is 26.1. The SMILES string of the molecule is CCC(C)(C)n1nnnc1C(c1cc2c(C)cc(C)cc2[nH]c1=O)N1CCN(c2cc(C)ccc2C)CC1. The molecule has 3 heterocycles. The number of hydrogen-bond donors (Lipinski definition) is 1. The van der Waals surface area contributed by atoms with E-state index in [0.29, 0.717) is 11.4 Å². The van der Waals surface area contributed by atoms with Crippen LogP contribution in [0.5, 0.6) is 0 Å². The Morgan fingerprint density at radius 3 is 2.39 bits per heavy atom. The number of nitrogens with one attached hydrogen (secondary N) is 1. The number of tetrazole rings is 1. The molecule has 2 aromatic carbocycles. The predicted octanol–water partition coefficient (Wildman–Crippen LogP) is 4.80. The molecule has 1 aliphatic heterocycles. The Kier molecular flexibility index (Phi) is 6.86. The molecule has 0 aliphatic carbocycles. The monoisotopic (exact) mass is 513 g/mol. The number of pyridine rings is 1. The molecule has 0 bridgehead atoms. The van der Waals surface area contributed by atoms with E-state index in [1.54, 1.807) is 0 Å². The Hall–Kier alpha value is -3.52. The summed E-state index contributed by atoms with van der Waals surface area (Å²) >= 11 is 0. The van der Waals surface area contributed by atoms with Gasteiger partial charge in [0.1, 0.15) is 6.04 Å². The summed E-state index contributed by atoms with van der Waals surface area (Å²) in [4.78, 5) is 21.7. The van der Waals surface area contributed by atoms with Gasteiger partial charge in [-0.1, -0.05) is 25.1 Å². The molecule has 0 spiro atoms. The maximum atomic E-state index is 13.7. The van der Waals surface area contributed by atoms with Crippen LogP contribution in [-0.2, 0) is 5.54 Å². The third-order valence-electron chi connectivity index (χ3n) is 8.20. The third-order valence-corrected chi connectivity index (χ3v) is 8.20. The summed E-state index contributed by atoms with van der Waals surface area (Å²) in [5, 5.41) is 14.1. The quantitative estimate of drug-likeness (QED) is 0.399. The summed E-state index contributed by atoms with van der Waals surface area (Å²) in [6.07, 6.45) is 0.866. The van der Waals surface area contributed by atoms with Crippen molar-refractivity contribution in [2.24, 2.45) is 0 Å². The van der Waals surface area contributed by atoms with Gasteiger partial charge < -0.3 is 9.88 Å². The number of aromatic nitrogens is 5. The van der Waals surface area contributed by atoms with Gasteiger partial charge in [-0.3, -0.25) is 9.69 Å². The fraction of sp³-hybridized carbons (Fsp3) is 0.467. The maximum Gasteiger partial charge on any atom is 0.253 e. The lowest BCUT2D eigenvalue weighted by Gasteiger charge is -2.40. The highest BCUT2D eigenvalue weighted by atomic mass is 16.1. The molecule has 1 fully saturated rings. The van der Waals surface area contributed by atoms with E-state index in [4.69, 9.17) is 0 Å². The highest BCUT2D eigenvalue weighted by molar-refractivity contribution is 5.83. The average molecular weight is 514 g/mol. The average Bonchev–Trinajstić information content (AvgIpc) is 3.37. The summed E-state index contributed by atoms with van der Waals surface area (Å²) in [6.45, 7) is 18.2. The maximum absolute atomic E-state index is 13.7. The summed E-state index contributed by atoms with van der Waals surface area (Å²) < 4.78 is 1.92. The van der Waals surface area contributed by atoms with Crippen LogP contribution in [0.15, 0.2) is 41.2 Å². The van der Waals surface area contributed by atoms with E-state index in [1.807, 2.05) is 10.7 Å². The van der Waals surface area contributed by atoms with Crippen LogP contribution in [0.2, 0.25) is 0 Å². The van der Waals surface area contributed by atoms with Gasteiger partial charge in [-0.15, -0.1) is 5.10 Å². The molecule has 1 N–H and O–H groups in total. The normalized spacial score (nSPS) is 15.8. The van der Waals surface area contributed by atoms with Crippen molar-refractivity contribution in [3.63, 3.8) is 0 Å². The van der Waals surface area contributed by atoms with Crippen molar-refractivity contribution in [2.75, 3.05) is 31.1 Å². The van der Waals surface area contributed by atoms with Gasteiger partial charge in [0.05, 0.1) is 5.54 Å². The Morgan fingerprint density at radius 2 is 1.68 bits per heavy atom. The predicted molar refractivity (Wildman–Crippen MR) is 153 cm³/mol. The number of rotatable bonds is 6. The van der Waals surface area contributed by atoms with Crippen molar-refractivity contribution >= 4 is 16.6 Å². The number of aromatic amines is 1. The molecule has 0 radical (unpaired) electrons. The number of hydrogen-bond acceptors (Lipinski definition) is 6. The zero-order valence-corrected chi connectivity index (χ0v) is 23.7. The van der Waals surface area contributed by atoms with Crippen LogP contribution >= 0.6 is 0 Å². The summed E-state index contributed by atoms with van der Waals surface area (Å²) in [7, 11) is 0. The van der Waals surface area contributed by atoms with Gasteiger partial charge in [0, 0.05) is 48.3 Å². The van der Waals surface area contributed by atoms with Crippen LogP contribution < -0.4 is 10.5 Å². The van der Waals surface area contributed by atoms with Crippen molar-refractivity contribution < 1.29 is 0 Å². The highest BCUT2D eigenvalue weighted by Crippen LogP contribution is 2.33. The van der Waals surface area contributed by atoms with E-state index >= 15 is 0 Å². The smallest absolute Gasteiger partial charge is 0.253 e. The van der Waals surface area contributed by atoms with E-state index in [0.717, 1.165) is 54.6 Å². The molecule has 8 nitrogen and oxygen atoms in total. The lowest BCUT2D eigenvalue weighted by Crippen LogP contribution is -2.49. The fourth-order valence-electron chi connectivity index (χ4n) is 5.62. The lowest BCUT2D eigenvalue weighted by atomic mass is 9.97. The van der Waals surface area contributed by atoms with E-state index in [-0.39, 0.29) is 17.1 Å². The molecule has 0 saturated carbocycles. The number of H-pyrrole nitrogens is 1. The molecule has 200 valence electrons. The topological polar surface area (TPSA) is 82.9 Å². The van der Waals surface area contributed by atoms with Gasteiger partial charge in [0.25, 0.3) is 5.56 Å². The number of benzene rings is 2.